The maximum atomic E-state index is 5.49. The van der Waals surface area contributed by atoms with Gasteiger partial charge in [0.05, 0.1) is 0 Å². The normalized spacial score (nSPS) is 20.4. The minimum atomic E-state index is 0.702. The maximum absolute atomic E-state index is 5.49. The predicted octanol–water partition coefficient (Wildman–Crippen LogP) is 3.21. The zero-order valence-electron chi connectivity index (χ0n) is 10.9. The Labute approximate surface area is 108 Å². The minimum absolute atomic E-state index is 0.702. The number of oxazole rings is 1. The van der Waals surface area contributed by atoms with Crippen molar-refractivity contribution in [2.45, 2.75) is 45.1 Å². The molecule has 0 bridgehead atoms. The summed E-state index contributed by atoms with van der Waals surface area (Å²) < 4.78 is 5.49. The third-order valence-corrected chi connectivity index (χ3v) is 3.75. The van der Waals surface area contributed by atoms with Crippen LogP contribution in [0.3, 0.4) is 0 Å². The van der Waals surface area contributed by atoms with Crippen LogP contribution in [0.5, 0.6) is 0 Å². The first kappa shape index (κ1) is 11.7. The van der Waals surface area contributed by atoms with Crippen LogP contribution in [0.15, 0.2) is 22.6 Å². The highest BCUT2D eigenvalue weighted by Gasteiger charge is 2.12. The van der Waals surface area contributed by atoms with E-state index in [0.29, 0.717) is 6.04 Å². The van der Waals surface area contributed by atoms with Crippen LogP contribution in [0, 0.1) is 6.92 Å². The molecule has 3 nitrogen and oxygen atoms in total. The van der Waals surface area contributed by atoms with Gasteiger partial charge in [-0.15, -0.1) is 0 Å². The topological polar surface area (TPSA) is 38.1 Å². The summed E-state index contributed by atoms with van der Waals surface area (Å²) in [5.41, 5.74) is 3.25. The lowest BCUT2D eigenvalue weighted by Gasteiger charge is -2.23. The van der Waals surface area contributed by atoms with Gasteiger partial charge in [-0.3, -0.25) is 0 Å². The third kappa shape index (κ3) is 2.56. The number of aromatic nitrogens is 1. The zero-order valence-corrected chi connectivity index (χ0v) is 10.9. The van der Waals surface area contributed by atoms with Crippen LogP contribution in [0.25, 0.3) is 11.1 Å². The van der Waals surface area contributed by atoms with Crippen molar-refractivity contribution in [3.8, 4) is 0 Å². The molecular formula is C15H20N2O. The van der Waals surface area contributed by atoms with Crippen molar-refractivity contribution < 1.29 is 4.42 Å². The van der Waals surface area contributed by atoms with Gasteiger partial charge in [0.1, 0.15) is 5.52 Å². The van der Waals surface area contributed by atoms with Gasteiger partial charge in [0.2, 0.25) is 0 Å². The summed E-state index contributed by atoms with van der Waals surface area (Å²) in [6, 6.07) is 7.07. The number of nitrogens with zero attached hydrogens (tertiary/aromatic N) is 1. The zero-order chi connectivity index (χ0) is 12.4. The number of piperidine rings is 1. The number of nitrogens with one attached hydrogen (secondary N) is 1. The molecule has 18 heavy (non-hydrogen) atoms. The second kappa shape index (κ2) is 5.11. The number of rotatable bonds is 3. The maximum Gasteiger partial charge on any atom is 0.192 e. The highest BCUT2D eigenvalue weighted by atomic mass is 16.3. The van der Waals surface area contributed by atoms with Gasteiger partial charge in [-0.25, -0.2) is 4.98 Å². The molecular weight excluding hydrogens is 224 g/mol. The van der Waals surface area contributed by atoms with E-state index in [9.17, 15) is 0 Å². The van der Waals surface area contributed by atoms with E-state index >= 15 is 0 Å². The molecule has 1 saturated heterocycles. The molecule has 1 unspecified atom stereocenters. The Morgan fingerprint density at radius 1 is 1.39 bits per heavy atom. The molecule has 2 heterocycles. The molecule has 0 spiro atoms. The van der Waals surface area contributed by atoms with Crippen LogP contribution >= 0.6 is 0 Å². The molecule has 0 aliphatic carbocycles. The number of hydrogen-bond donors (Lipinski definition) is 1. The first-order valence-corrected chi connectivity index (χ1v) is 6.91. The Morgan fingerprint density at radius 2 is 2.33 bits per heavy atom. The summed E-state index contributed by atoms with van der Waals surface area (Å²) in [5.74, 6) is 0.746. The minimum Gasteiger partial charge on any atom is -0.441 e. The van der Waals surface area contributed by atoms with E-state index in [1.807, 2.05) is 13.0 Å². The molecule has 1 fully saturated rings. The second-order valence-corrected chi connectivity index (χ2v) is 5.22. The molecule has 1 atom stereocenters. The fourth-order valence-corrected chi connectivity index (χ4v) is 2.75. The van der Waals surface area contributed by atoms with Crippen molar-refractivity contribution in [2.24, 2.45) is 0 Å². The highest BCUT2D eigenvalue weighted by molar-refractivity contribution is 5.73. The van der Waals surface area contributed by atoms with Crippen LogP contribution in [0.1, 0.15) is 37.1 Å². The Bertz CT molecular complexity index is 526. The number of benzene rings is 1. The van der Waals surface area contributed by atoms with Gasteiger partial charge in [-0.2, -0.15) is 0 Å². The quantitative estimate of drug-likeness (QED) is 0.901. The van der Waals surface area contributed by atoms with Gasteiger partial charge >= 0.3 is 0 Å². The predicted molar refractivity (Wildman–Crippen MR) is 72.7 cm³/mol. The molecule has 1 aromatic carbocycles. The van der Waals surface area contributed by atoms with Crippen molar-refractivity contribution in [2.75, 3.05) is 6.54 Å². The summed E-state index contributed by atoms with van der Waals surface area (Å²) in [4.78, 5) is 4.39. The molecule has 1 aliphatic rings. The van der Waals surface area contributed by atoms with E-state index < -0.39 is 0 Å². The van der Waals surface area contributed by atoms with Crippen molar-refractivity contribution in [1.29, 1.82) is 0 Å². The lowest BCUT2D eigenvalue weighted by molar-refractivity contribution is 0.383. The SMILES string of the molecule is Cc1nc2cc(CCC3CCCCN3)ccc2o1. The van der Waals surface area contributed by atoms with E-state index in [-0.39, 0.29) is 0 Å². The number of fused-ring (bicyclic) bond motifs is 1. The fourth-order valence-electron chi connectivity index (χ4n) is 2.75. The van der Waals surface area contributed by atoms with Gasteiger partial charge in [-0.05, 0) is 49.9 Å². The summed E-state index contributed by atoms with van der Waals surface area (Å²) in [5, 5.41) is 3.60. The van der Waals surface area contributed by atoms with Crippen molar-refractivity contribution in [3.05, 3.63) is 29.7 Å². The molecule has 0 amide bonds. The Balaban J connectivity index is 1.66. The van der Waals surface area contributed by atoms with E-state index in [2.05, 4.69) is 22.4 Å². The summed E-state index contributed by atoms with van der Waals surface area (Å²) in [6.45, 7) is 3.08. The number of aryl methyl sites for hydroxylation is 2. The Morgan fingerprint density at radius 3 is 3.17 bits per heavy atom. The van der Waals surface area contributed by atoms with Crippen LogP contribution in [0.2, 0.25) is 0 Å². The lowest BCUT2D eigenvalue weighted by Crippen LogP contribution is -2.34. The van der Waals surface area contributed by atoms with Crippen LogP contribution in [-0.4, -0.2) is 17.6 Å². The third-order valence-electron chi connectivity index (χ3n) is 3.75. The molecule has 0 saturated carbocycles. The van der Waals surface area contributed by atoms with Gasteiger partial charge in [0.15, 0.2) is 11.5 Å². The standard InChI is InChI=1S/C15H20N2O/c1-11-17-14-10-12(6-8-15(14)18-11)5-7-13-4-2-3-9-16-13/h6,8,10,13,16H,2-5,7,9H2,1H3. The van der Waals surface area contributed by atoms with Gasteiger partial charge in [-0.1, -0.05) is 12.5 Å². The largest absolute Gasteiger partial charge is 0.441 e. The van der Waals surface area contributed by atoms with Crippen molar-refractivity contribution >= 4 is 11.1 Å². The molecule has 3 rings (SSSR count). The van der Waals surface area contributed by atoms with E-state index in [1.165, 1.54) is 37.8 Å². The lowest BCUT2D eigenvalue weighted by atomic mass is 9.98. The first-order chi connectivity index (χ1) is 8.81. The molecule has 2 aromatic rings. The monoisotopic (exact) mass is 244 g/mol. The number of hydrogen-bond acceptors (Lipinski definition) is 3. The van der Waals surface area contributed by atoms with Crippen LogP contribution < -0.4 is 5.32 Å². The molecule has 1 aromatic heterocycles. The molecule has 3 heteroatoms. The summed E-state index contributed by atoms with van der Waals surface area (Å²) in [7, 11) is 0. The fraction of sp³-hybridized carbons (Fsp3) is 0.533. The average Bonchev–Trinajstić information content (AvgIpc) is 2.77. The van der Waals surface area contributed by atoms with Crippen LogP contribution in [-0.2, 0) is 6.42 Å². The average molecular weight is 244 g/mol. The summed E-state index contributed by atoms with van der Waals surface area (Å²) in [6.07, 6.45) is 6.38. The van der Waals surface area contributed by atoms with Crippen LogP contribution in [0.4, 0.5) is 0 Å². The summed E-state index contributed by atoms with van der Waals surface area (Å²) >= 11 is 0. The van der Waals surface area contributed by atoms with Gasteiger partial charge in [0, 0.05) is 13.0 Å². The van der Waals surface area contributed by atoms with E-state index in [0.717, 1.165) is 23.4 Å². The second-order valence-electron chi connectivity index (χ2n) is 5.22. The van der Waals surface area contributed by atoms with E-state index in [1.54, 1.807) is 0 Å². The molecule has 1 N–H and O–H groups in total. The van der Waals surface area contributed by atoms with E-state index in [4.69, 9.17) is 4.42 Å². The Kier molecular flexibility index (Phi) is 3.33. The smallest absolute Gasteiger partial charge is 0.192 e. The van der Waals surface area contributed by atoms with Crippen molar-refractivity contribution in [3.63, 3.8) is 0 Å². The molecule has 1 aliphatic heterocycles. The molecule has 0 radical (unpaired) electrons. The first-order valence-electron chi connectivity index (χ1n) is 6.91. The van der Waals surface area contributed by atoms with Crippen molar-refractivity contribution in [1.82, 2.24) is 10.3 Å². The highest BCUT2D eigenvalue weighted by Crippen LogP contribution is 2.19. The van der Waals surface area contributed by atoms with Gasteiger partial charge < -0.3 is 9.73 Å². The van der Waals surface area contributed by atoms with Gasteiger partial charge in [0.25, 0.3) is 0 Å². The Hall–Kier alpha value is -1.35. The molecule has 96 valence electrons.